The summed E-state index contributed by atoms with van der Waals surface area (Å²) in [4.78, 5) is 21.8. The lowest BCUT2D eigenvalue weighted by molar-refractivity contribution is 0.0336. The standard InChI is InChI=1S/C21H28N8OS/c22-15-4-1-2-5-16(15)25-20-24-14(13-29-8-10-30-11-9-29)12-18(27-20)28-21-26-17-6-3-7-23-19(17)31-21/h3,6-7,12,15-16H,1-2,4-5,8-11,13,22H2,(H2,24,25,26,27,28)/t15-,16+/m0/s1. The Morgan fingerprint density at radius 1 is 1.16 bits per heavy atom. The highest BCUT2D eigenvalue weighted by atomic mass is 32.1. The molecule has 4 N–H and O–H groups in total. The molecule has 2 fully saturated rings. The van der Waals surface area contributed by atoms with E-state index < -0.39 is 0 Å². The minimum atomic E-state index is 0.131. The third kappa shape index (κ3) is 5.09. The van der Waals surface area contributed by atoms with Crippen molar-refractivity contribution in [2.75, 3.05) is 36.9 Å². The van der Waals surface area contributed by atoms with Crippen molar-refractivity contribution in [1.82, 2.24) is 24.8 Å². The Morgan fingerprint density at radius 3 is 2.87 bits per heavy atom. The highest BCUT2D eigenvalue weighted by molar-refractivity contribution is 7.21. The predicted molar refractivity (Wildman–Crippen MR) is 123 cm³/mol. The first-order chi connectivity index (χ1) is 15.2. The zero-order chi connectivity index (χ0) is 21.0. The van der Waals surface area contributed by atoms with Gasteiger partial charge in [0, 0.05) is 44.0 Å². The molecule has 0 amide bonds. The molecule has 3 aromatic heterocycles. The lowest BCUT2D eigenvalue weighted by Gasteiger charge is -2.30. The van der Waals surface area contributed by atoms with Gasteiger partial charge in [0.05, 0.1) is 18.9 Å². The average Bonchev–Trinajstić information content (AvgIpc) is 3.18. The second kappa shape index (κ2) is 9.39. The number of fused-ring (bicyclic) bond motifs is 1. The van der Waals surface area contributed by atoms with Gasteiger partial charge in [0.2, 0.25) is 5.95 Å². The smallest absolute Gasteiger partial charge is 0.225 e. The van der Waals surface area contributed by atoms with Crippen LogP contribution in [0, 0.1) is 0 Å². The molecule has 1 saturated heterocycles. The minimum Gasteiger partial charge on any atom is -0.379 e. The van der Waals surface area contributed by atoms with Crippen LogP contribution in [0.1, 0.15) is 31.4 Å². The van der Waals surface area contributed by atoms with Crippen LogP contribution >= 0.6 is 11.3 Å². The second-order valence-electron chi connectivity index (χ2n) is 8.13. The lowest BCUT2D eigenvalue weighted by Crippen LogP contribution is -2.43. The van der Waals surface area contributed by atoms with E-state index in [1.54, 1.807) is 6.20 Å². The van der Waals surface area contributed by atoms with E-state index in [2.05, 4.69) is 25.5 Å². The van der Waals surface area contributed by atoms with E-state index in [1.165, 1.54) is 24.2 Å². The molecule has 31 heavy (non-hydrogen) atoms. The van der Waals surface area contributed by atoms with Crippen molar-refractivity contribution in [1.29, 1.82) is 0 Å². The van der Waals surface area contributed by atoms with Gasteiger partial charge in [0.25, 0.3) is 0 Å². The van der Waals surface area contributed by atoms with Crippen molar-refractivity contribution in [3.05, 3.63) is 30.1 Å². The monoisotopic (exact) mass is 440 g/mol. The number of nitrogens with two attached hydrogens (primary N) is 1. The summed E-state index contributed by atoms with van der Waals surface area (Å²) >= 11 is 1.51. The lowest BCUT2D eigenvalue weighted by atomic mass is 9.91. The molecule has 10 heteroatoms. The summed E-state index contributed by atoms with van der Waals surface area (Å²) in [7, 11) is 0. The molecule has 0 radical (unpaired) electrons. The first-order valence-corrected chi connectivity index (χ1v) is 11.7. The zero-order valence-corrected chi connectivity index (χ0v) is 18.3. The Balaban J connectivity index is 1.39. The Hall–Kier alpha value is -2.40. The maximum absolute atomic E-state index is 6.35. The fourth-order valence-corrected chi connectivity index (χ4v) is 4.95. The van der Waals surface area contributed by atoms with Crippen molar-refractivity contribution < 1.29 is 4.74 Å². The van der Waals surface area contributed by atoms with Gasteiger partial charge in [0.15, 0.2) is 5.13 Å². The summed E-state index contributed by atoms with van der Waals surface area (Å²) in [5.41, 5.74) is 8.19. The maximum atomic E-state index is 6.35. The first-order valence-electron chi connectivity index (χ1n) is 10.9. The zero-order valence-electron chi connectivity index (χ0n) is 17.5. The molecule has 0 unspecified atom stereocenters. The second-order valence-corrected chi connectivity index (χ2v) is 9.11. The van der Waals surface area contributed by atoms with Crippen molar-refractivity contribution in [2.45, 2.75) is 44.3 Å². The quantitative estimate of drug-likeness (QED) is 0.532. The number of anilines is 3. The summed E-state index contributed by atoms with van der Waals surface area (Å²) < 4.78 is 5.48. The summed E-state index contributed by atoms with van der Waals surface area (Å²) in [6, 6.07) is 6.19. The number of hydrogen-bond donors (Lipinski definition) is 3. The summed E-state index contributed by atoms with van der Waals surface area (Å²) in [6.07, 6.45) is 6.24. The van der Waals surface area contributed by atoms with Gasteiger partial charge in [-0.1, -0.05) is 24.2 Å². The molecule has 1 aliphatic carbocycles. The van der Waals surface area contributed by atoms with E-state index in [4.69, 9.17) is 20.4 Å². The van der Waals surface area contributed by atoms with Crippen LogP contribution in [0.3, 0.4) is 0 Å². The predicted octanol–water partition coefficient (Wildman–Crippen LogP) is 2.74. The van der Waals surface area contributed by atoms with Gasteiger partial charge in [-0.3, -0.25) is 4.90 Å². The van der Waals surface area contributed by atoms with Crippen molar-refractivity contribution >= 4 is 38.6 Å². The Bertz CT molecular complexity index is 989. The van der Waals surface area contributed by atoms with Crippen LogP contribution < -0.4 is 16.4 Å². The number of nitrogens with one attached hydrogen (secondary N) is 2. The van der Waals surface area contributed by atoms with E-state index >= 15 is 0 Å². The summed E-state index contributed by atoms with van der Waals surface area (Å²) in [5, 5.41) is 7.63. The van der Waals surface area contributed by atoms with Crippen molar-refractivity contribution in [3.8, 4) is 0 Å². The minimum absolute atomic E-state index is 0.131. The normalized spacial score (nSPS) is 22.5. The topological polar surface area (TPSA) is 114 Å². The first kappa shape index (κ1) is 20.5. The van der Waals surface area contributed by atoms with Gasteiger partial charge in [-0.2, -0.15) is 4.98 Å². The third-order valence-electron chi connectivity index (χ3n) is 5.80. The van der Waals surface area contributed by atoms with E-state index in [0.29, 0.717) is 5.95 Å². The van der Waals surface area contributed by atoms with Crippen LogP contribution in [0.25, 0.3) is 10.3 Å². The van der Waals surface area contributed by atoms with Gasteiger partial charge in [-0.25, -0.2) is 15.0 Å². The highest BCUT2D eigenvalue weighted by Crippen LogP contribution is 2.27. The van der Waals surface area contributed by atoms with Crippen LogP contribution in [-0.4, -0.2) is 63.2 Å². The van der Waals surface area contributed by atoms with Crippen LogP contribution in [0.2, 0.25) is 0 Å². The van der Waals surface area contributed by atoms with Crippen LogP contribution in [0.4, 0.5) is 16.9 Å². The fourth-order valence-electron chi connectivity index (χ4n) is 4.13. The van der Waals surface area contributed by atoms with E-state index in [9.17, 15) is 0 Å². The highest BCUT2D eigenvalue weighted by Gasteiger charge is 2.23. The molecule has 9 nitrogen and oxygen atoms in total. The number of morpholine rings is 1. The molecule has 3 aromatic rings. The molecule has 0 bridgehead atoms. The van der Waals surface area contributed by atoms with E-state index in [0.717, 1.165) is 72.7 Å². The molecule has 4 heterocycles. The Morgan fingerprint density at radius 2 is 2.03 bits per heavy atom. The number of pyridine rings is 1. The van der Waals surface area contributed by atoms with Gasteiger partial charge in [0.1, 0.15) is 16.2 Å². The van der Waals surface area contributed by atoms with E-state index in [1.807, 2.05) is 18.2 Å². The van der Waals surface area contributed by atoms with Gasteiger partial charge in [-0.15, -0.1) is 0 Å². The summed E-state index contributed by atoms with van der Waals surface area (Å²) in [5.74, 6) is 1.35. The van der Waals surface area contributed by atoms with Gasteiger partial charge >= 0.3 is 0 Å². The fraction of sp³-hybridized carbons (Fsp3) is 0.524. The molecule has 0 aromatic carbocycles. The Labute approximate surface area is 185 Å². The number of thiazole rings is 1. The van der Waals surface area contributed by atoms with Crippen LogP contribution in [-0.2, 0) is 11.3 Å². The molecule has 164 valence electrons. The maximum Gasteiger partial charge on any atom is 0.225 e. The number of nitrogens with zero attached hydrogens (tertiary/aromatic N) is 5. The number of ether oxygens (including phenoxy) is 1. The molecule has 2 atom stereocenters. The van der Waals surface area contributed by atoms with Crippen LogP contribution in [0.5, 0.6) is 0 Å². The Kier molecular flexibility index (Phi) is 6.21. The number of aromatic nitrogens is 4. The van der Waals surface area contributed by atoms with E-state index in [-0.39, 0.29) is 12.1 Å². The summed E-state index contributed by atoms with van der Waals surface area (Å²) in [6.45, 7) is 4.10. The van der Waals surface area contributed by atoms with Crippen LogP contribution in [0.15, 0.2) is 24.4 Å². The number of hydrogen-bond acceptors (Lipinski definition) is 10. The number of rotatable bonds is 6. The molecule has 0 spiro atoms. The molecule has 1 saturated carbocycles. The average molecular weight is 441 g/mol. The van der Waals surface area contributed by atoms with Gasteiger partial charge in [-0.05, 0) is 25.0 Å². The largest absolute Gasteiger partial charge is 0.379 e. The molecule has 2 aliphatic rings. The third-order valence-corrected chi connectivity index (χ3v) is 6.70. The van der Waals surface area contributed by atoms with Crippen molar-refractivity contribution in [2.24, 2.45) is 5.73 Å². The SMILES string of the molecule is N[C@H]1CCCC[C@H]1Nc1nc(CN2CCOCC2)cc(Nc2nc3cccnc3s2)n1. The van der Waals surface area contributed by atoms with Gasteiger partial charge < -0.3 is 21.1 Å². The molecule has 1 aliphatic heterocycles. The molecular formula is C21H28N8OS. The molecular weight excluding hydrogens is 412 g/mol. The molecule has 5 rings (SSSR count). The van der Waals surface area contributed by atoms with Crippen molar-refractivity contribution in [3.63, 3.8) is 0 Å².